The Morgan fingerprint density at radius 2 is 1.54 bits per heavy atom. The van der Waals surface area contributed by atoms with Gasteiger partial charge in [-0.2, -0.15) is 5.10 Å². The molecule has 0 aromatic heterocycles. The van der Waals surface area contributed by atoms with Crippen molar-refractivity contribution < 1.29 is 19.1 Å². The Morgan fingerprint density at radius 3 is 2.26 bits per heavy atom. The lowest BCUT2D eigenvalue weighted by Gasteiger charge is -2.13. The molecule has 0 fully saturated rings. The lowest BCUT2D eigenvalue weighted by atomic mass is 10.0. The summed E-state index contributed by atoms with van der Waals surface area (Å²) < 4.78 is 11.3. The lowest BCUT2D eigenvalue weighted by molar-refractivity contribution is -0.127. The molecule has 0 spiro atoms. The molecule has 0 saturated carbocycles. The molecule has 0 radical (unpaired) electrons. The second kappa shape index (κ2) is 11.0. The molecule has 0 aliphatic rings. The number of nitrogens with one attached hydrogen (secondary N) is 1. The zero-order valence-electron chi connectivity index (χ0n) is 18.6. The van der Waals surface area contributed by atoms with Crippen LogP contribution in [0.5, 0.6) is 11.5 Å². The first kappa shape index (κ1) is 24.3. The van der Waals surface area contributed by atoms with Crippen molar-refractivity contribution in [2.24, 2.45) is 5.10 Å². The average molecular weight is 507 g/mol. The van der Waals surface area contributed by atoms with E-state index in [1.54, 1.807) is 61.5 Å². The van der Waals surface area contributed by atoms with Crippen molar-refractivity contribution in [1.29, 1.82) is 0 Å². The second-order valence-corrected chi connectivity index (χ2v) is 8.42. The van der Waals surface area contributed by atoms with Gasteiger partial charge >= 0.3 is 5.97 Å². The van der Waals surface area contributed by atoms with Crippen molar-refractivity contribution in [2.75, 3.05) is 0 Å². The van der Waals surface area contributed by atoms with Crippen LogP contribution in [0, 0.1) is 0 Å². The van der Waals surface area contributed by atoms with Crippen molar-refractivity contribution in [3.63, 3.8) is 0 Å². The molecule has 4 aromatic rings. The highest BCUT2D eigenvalue weighted by Crippen LogP contribution is 2.27. The van der Waals surface area contributed by atoms with Gasteiger partial charge in [-0.15, -0.1) is 0 Å². The average Bonchev–Trinajstić information content (AvgIpc) is 2.86. The number of carbonyl (C=O) groups excluding carboxylic acids is 2. The van der Waals surface area contributed by atoms with Gasteiger partial charge in [0, 0.05) is 15.6 Å². The Hall–Kier alpha value is -3.87. The predicted octanol–water partition coefficient (Wildman–Crippen LogP) is 6.28. The third-order valence-electron chi connectivity index (χ3n) is 5.08. The molecule has 176 valence electrons. The molecule has 1 N–H and O–H groups in total. The van der Waals surface area contributed by atoms with Gasteiger partial charge in [-0.05, 0) is 72.3 Å². The van der Waals surface area contributed by atoms with Crippen molar-refractivity contribution >= 4 is 52.1 Å². The first-order valence-corrected chi connectivity index (χ1v) is 11.4. The van der Waals surface area contributed by atoms with E-state index in [9.17, 15) is 9.59 Å². The number of hydrogen-bond acceptors (Lipinski definition) is 5. The molecule has 0 aliphatic heterocycles. The number of fused-ring (bicyclic) bond motifs is 1. The summed E-state index contributed by atoms with van der Waals surface area (Å²) in [5, 5.41) is 6.90. The molecule has 4 aromatic carbocycles. The van der Waals surface area contributed by atoms with Gasteiger partial charge in [0.2, 0.25) is 0 Å². The number of halogens is 2. The minimum absolute atomic E-state index is 0.298. The van der Waals surface area contributed by atoms with Gasteiger partial charge in [-0.1, -0.05) is 53.5 Å². The first-order valence-electron chi connectivity index (χ1n) is 10.7. The molecule has 1 atom stereocenters. The summed E-state index contributed by atoms with van der Waals surface area (Å²) in [7, 11) is 0. The SMILES string of the molecule is C[C@H](Oc1ccc(Cl)cc1)C(=O)N/N=C\c1c(OC(=O)c2ccc(Cl)cc2)ccc2ccccc12. The van der Waals surface area contributed by atoms with Gasteiger partial charge in [0.1, 0.15) is 11.5 Å². The summed E-state index contributed by atoms with van der Waals surface area (Å²) in [5.41, 5.74) is 3.36. The number of rotatable bonds is 7. The van der Waals surface area contributed by atoms with Crippen molar-refractivity contribution in [3.8, 4) is 11.5 Å². The van der Waals surface area contributed by atoms with Crippen LogP contribution < -0.4 is 14.9 Å². The van der Waals surface area contributed by atoms with Crippen LogP contribution in [-0.2, 0) is 4.79 Å². The summed E-state index contributed by atoms with van der Waals surface area (Å²) in [4.78, 5) is 25.1. The summed E-state index contributed by atoms with van der Waals surface area (Å²) >= 11 is 11.8. The molecule has 4 rings (SSSR count). The van der Waals surface area contributed by atoms with Crippen LogP contribution in [0.2, 0.25) is 10.0 Å². The molecule has 0 unspecified atom stereocenters. The fraction of sp³-hybridized carbons (Fsp3) is 0.0741. The summed E-state index contributed by atoms with van der Waals surface area (Å²) in [6.07, 6.45) is 0.641. The summed E-state index contributed by atoms with van der Waals surface area (Å²) in [5.74, 6) is -0.185. The van der Waals surface area contributed by atoms with Gasteiger partial charge in [0.05, 0.1) is 11.8 Å². The second-order valence-electron chi connectivity index (χ2n) is 7.54. The van der Waals surface area contributed by atoms with E-state index in [1.165, 1.54) is 6.21 Å². The van der Waals surface area contributed by atoms with Gasteiger partial charge in [-0.3, -0.25) is 4.79 Å². The summed E-state index contributed by atoms with van der Waals surface area (Å²) in [6.45, 7) is 1.61. The molecule has 0 saturated heterocycles. The standard InChI is InChI=1S/C27H20Cl2N2O4/c1-17(34-22-13-11-21(29)12-14-22)26(32)31-30-16-24-23-5-3-2-4-18(23)8-15-25(24)35-27(33)19-6-9-20(28)10-7-19/h2-17H,1H3,(H,31,32)/b30-16-/t17-/m0/s1. The van der Waals surface area contributed by atoms with E-state index in [1.807, 2.05) is 30.3 Å². The van der Waals surface area contributed by atoms with Crippen LogP contribution in [0.25, 0.3) is 10.8 Å². The molecule has 6 nitrogen and oxygen atoms in total. The largest absolute Gasteiger partial charge is 0.481 e. The number of hydrazone groups is 1. The number of esters is 1. The van der Waals surface area contributed by atoms with E-state index in [4.69, 9.17) is 32.7 Å². The maximum Gasteiger partial charge on any atom is 0.343 e. The van der Waals surface area contributed by atoms with Gasteiger partial charge in [-0.25, -0.2) is 10.2 Å². The third kappa shape index (κ3) is 6.18. The van der Waals surface area contributed by atoms with Crippen molar-refractivity contribution in [2.45, 2.75) is 13.0 Å². The number of ether oxygens (including phenoxy) is 2. The Balaban J connectivity index is 1.52. The molecule has 35 heavy (non-hydrogen) atoms. The van der Waals surface area contributed by atoms with Crippen LogP contribution >= 0.6 is 23.2 Å². The van der Waals surface area contributed by atoms with Crippen LogP contribution in [-0.4, -0.2) is 24.2 Å². The topological polar surface area (TPSA) is 77.0 Å². The first-order chi connectivity index (χ1) is 16.9. The molecule has 1 amide bonds. The highest BCUT2D eigenvalue weighted by atomic mass is 35.5. The highest BCUT2D eigenvalue weighted by Gasteiger charge is 2.16. The number of carbonyl (C=O) groups is 2. The molecule has 0 bridgehead atoms. The number of benzene rings is 4. The normalized spacial score (nSPS) is 11.9. The quantitative estimate of drug-likeness (QED) is 0.138. The van der Waals surface area contributed by atoms with E-state index >= 15 is 0 Å². The highest BCUT2D eigenvalue weighted by molar-refractivity contribution is 6.30. The monoisotopic (exact) mass is 506 g/mol. The maximum absolute atomic E-state index is 12.7. The van der Waals surface area contributed by atoms with E-state index in [0.717, 1.165) is 10.8 Å². The van der Waals surface area contributed by atoms with E-state index in [0.29, 0.717) is 32.7 Å². The number of hydrogen-bond donors (Lipinski definition) is 1. The molecule has 8 heteroatoms. The Labute approximate surface area is 212 Å². The lowest BCUT2D eigenvalue weighted by Crippen LogP contribution is -2.33. The van der Waals surface area contributed by atoms with Crippen molar-refractivity contribution in [3.05, 3.63) is 106 Å². The minimum atomic E-state index is -0.803. The van der Waals surface area contributed by atoms with Crippen LogP contribution in [0.3, 0.4) is 0 Å². The Kier molecular flexibility index (Phi) is 7.65. The van der Waals surface area contributed by atoms with Crippen LogP contribution in [0.1, 0.15) is 22.8 Å². The molecule has 0 aliphatic carbocycles. The van der Waals surface area contributed by atoms with E-state index in [-0.39, 0.29) is 0 Å². The zero-order valence-corrected chi connectivity index (χ0v) is 20.1. The number of amides is 1. The molecular weight excluding hydrogens is 487 g/mol. The van der Waals surface area contributed by atoms with Gasteiger partial charge in [0.25, 0.3) is 5.91 Å². The fourth-order valence-electron chi connectivity index (χ4n) is 3.26. The fourth-order valence-corrected chi connectivity index (χ4v) is 3.52. The third-order valence-corrected chi connectivity index (χ3v) is 5.58. The smallest absolute Gasteiger partial charge is 0.343 e. The summed E-state index contributed by atoms with van der Waals surface area (Å²) in [6, 6.07) is 24.2. The Bertz CT molecular complexity index is 1390. The molecular formula is C27H20Cl2N2O4. The number of nitrogens with zero attached hydrogens (tertiary/aromatic N) is 1. The van der Waals surface area contributed by atoms with Gasteiger partial charge < -0.3 is 9.47 Å². The maximum atomic E-state index is 12.7. The molecule has 0 heterocycles. The predicted molar refractivity (Wildman–Crippen MR) is 138 cm³/mol. The van der Waals surface area contributed by atoms with Crippen LogP contribution in [0.15, 0.2) is 90.0 Å². The van der Waals surface area contributed by atoms with E-state index in [2.05, 4.69) is 10.5 Å². The van der Waals surface area contributed by atoms with Gasteiger partial charge in [0.15, 0.2) is 6.10 Å². The zero-order chi connectivity index (χ0) is 24.8. The Morgan fingerprint density at radius 1 is 0.886 bits per heavy atom. The minimum Gasteiger partial charge on any atom is -0.481 e. The van der Waals surface area contributed by atoms with Crippen molar-refractivity contribution in [1.82, 2.24) is 5.43 Å². The van der Waals surface area contributed by atoms with Crippen LogP contribution in [0.4, 0.5) is 0 Å². The van der Waals surface area contributed by atoms with E-state index < -0.39 is 18.0 Å².